The van der Waals surface area contributed by atoms with Gasteiger partial charge in [0.1, 0.15) is 4.49 Å². The molecule has 0 saturated carbocycles. The maximum Gasteiger partial charge on any atom is 0.337 e. The van der Waals surface area contributed by atoms with Crippen LogP contribution in [0.25, 0.3) is 0 Å². The summed E-state index contributed by atoms with van der Waals surface area (Å²) in [4.78, 5) is 10.9. The van der Waals surface area contributed by atoms with Crippen molar-refractivity contribution < 1.29 is 9.53 Å². The fraction of sp³-hybridized carbons (Fsp3) is 0.500. The van der Waals surface area contributed by atoms with E-state index in [9.17, 15) is 4.79 Å². The van der Waals surface area contributed by atoms with Gasteiger partial charge in [-0.1, -0.05) is 23.2 Å². The molecule has 11 heavy (non-hydrogen) atoms. The van der Waals surface area contributed by atoms with E-state index >= 15 is 0 Å². The molecule has 2 nitrogen and oxygen atoms in total. The lowest BCUT2D eigenvalue weighted by Gasteiger charge is -2.02. The van der Waals surface area contributed by atoms with Gasteiger partial charge in [0.05, 0.1) is 18.1 Å². The van der Waals surface area contributed by atoms with Gasteiger partial charge in [0, 0.05) is 0 Å². The summed E-state index contributed by atoms with van der Waals surface area (Å²) in [5.74, 6) is -0.608. The van der Waals surface area contributed by atoms with E-state index in [2.05, 4.69) is 4.74 Å². The van der Waals surface area contributed by atoms with Gasteiger partial charge in [-0.2, -0.15) is 0 Å². The minimum atomic E-state index is -0.567. The molecule has 0 rings (SSSR count). The summed E-state index contributed by atoms with van der Waals surface area (Å²) < 4.78 is 4.47. The number of rotatable bonds is 3. The van der Waals surface area contributed by atoms with Crippen molar-refractivity contribution in [3.05, 3.63) is 10.1 Å². The third-order valence-electron chi connectivity index (χ3n) is 0.884. The number of esters is 1. The van der Waals surface area contributed by atoms with Gasteiger partial charge in [-0.3, -0.25) is 0 Å². The number of alkyl halides is 1. The summed E-state index contributed by atoms with van der Waals surface area (Å²) in [6.45, 7) is 1.96. The molecule has 0 aliphatic carbocycles. The van der Waals surface area contributed by atoms with E-state index < -0.39 is 5.97 Å². The van der Waals surface area contributed by atoms with Crippen LogP contribution in [0.4, 0.5) is 0 Å². The van der Waals surface area contributed by atoms with Gasteiger partial charge >= 0.3 is 5.97 Å². The van der Waals surface area contributed by atoms with Crippen LogP contribution in [0.5, 0.6) is 0 Å². The average Bonchev–Trinajstić information content (AvgIpc) is 1.88. The maximum atomic E-state index is 10.9. The molecule has 0 spiro atoms. The highest BCUT2D eigenvalue weighted by atomic mass is 35.5. The van der Waals surface area contributed by atoms with Crippen LogP contribution in [0.15, 0.2) is 10.1 Å². The van der Waals surface area contributed by atoms with Crippen LogP contribution in [-0.4, -0.2) is 18.5 Å². The Bertz CT molecular complexity index is 173. The normalized spacial score (nSPS) is 9.09. The molecular weight excluding hydrogens is 210 g/mol. The minimum Gasteiger partial charge on any atom is -0.463 e. The van der Waals surface area contributed by atoms with Crippen molar-refractivity contribution in [3.63, 3.8) is 0 Å². The Hall–Kier alpha value is 0.0800. The fourth-order valence-electron chi connectivity index (χ4n) is 0.400. The summed E-state index contributed by atoms with van der Waals surface area (Å²) in [6, 6.07) is 0. The van der Waals surface area contributed by atoms with E-state index in [1.54, 1.807) is 6.92 Å². The quantitative estimate of drug-likeness (QED) is 0.412. The number of hydrogen-bond acceptors (Lipinski definition) is 2. The molecule has 0 aromatic heterocycles. The molecule has 0 N–H and O–H groups in total. The molecule has 5 heteroatoms. The highest BCUT2D eigenvalue weighted by molar-refractivity contribution is 6.57. The third kappa shape index (κ3) is 3.85. The zero-order chi connectivity index (χ0) is 8.85. The number of ether oxygens (including phenoxy) is 1. The molecular formula is C6H7Cl3O2. The first-order chi connectivity index (χ1) is 5.13. The maximum absolute atomic E-state index is 10.9. The van der Waals surface area contributed by atoms with Crippen LogP contribution in [0.1, 0.15) is 6.92 Å². The predicted octanol–water partition coefficient (Wildman–Crippen LogP) is 2.48. The van der Waals surface area contributed by atoms with Gasteiger partial charge in [-0.25, -0.2) is 4.79 Å². The molecule has 0 unspecified atom stereocenters. The third-order valence-corrected chi connectivity index (χ3v) is 1.61. The van der Waals surface area contributed by atoms with Crippen LogP contribution < -0.4 is 0 Å². The Balaban J connectivity index is 4.28. The Morgan fingerprint density at radius 1 is 1.45 bits per heavy atom. The molecule has 64 valence electrons. The second kappa shape index (κ2) is 5.70. The topological polar surface area (TPSA) is 26.3 Å². The standard InChI is InChI=1S/C6H7Cl3O2/c1-2-11-6(10)4(3-7)5(8)9/h2-3H2,1H3. The van der Waals surface area contributed by atoms with Crippen LogP contribution in [0, 0.1) is 0 Å². The average molecular weight is 217 g/mol. The van der Waals surface area contributed by atoms with Gasteiger partial charge in [0.2, 0.25) is 0 Å². The van der Waals surface area contributed by atoms with Gasteiger partial charge in [0.25, 0.3) is 0 Å². The highest BCUT2D eigenvalue weighted by Crippen LogP contribution is 2.16. The van der Waals surface area contributed by atoms with Crippen LogP contribution in [0.3, 0.4) is 0 Å². The van der Waals surface area contributed by atoms with Crippen LogP contribution in [0.2, 0.25) is 0 Å². The lowest BCUT2D eigenvalue weighted by Crippen LogP contribution is -2.09. The van der Waals surface area contributed by atoms with Gasteiger partial charge in [-0.05, 0) is 6.92 Å². The van der Waals surface area contributed by atoms with Crippen LogP contribution in [-0.2, 0) is 9.53 Å². The largest absolute Gasteiger partial charge is 0.463 e. The van der Waals surface area contributed by atoms with Crippen molar-refractivity contribution in [3.8, 4) is 0 Å². The molecule has 0 aliphatic rings. The number of carbonyl (C=O) groups excluding carboxylic acids is 1. The van der Waals surface area contributed by atoms with Gasteiger partial charge < -0.3 is 4.74 Å². The summed E-state index contributed by atoms with van der Waals surface area (Å²) in [6.07, 6.45) is 0. The van der Waals surface area contributed by atoms with Crippen LogP contribution >= 0.6 is 34.8 Å². The lowest BCUT2D eigenvalue weighted by atomic mass is 10.3. The summed E-state index contributed by atoms with van der Waals surface area (Å²) in [5, 5.41) is 0. The second-order valence-electron chi connectivity index (χ2n) is 1.59. The SMILES string of the molecule is CCOC(=O)C(CCl)=C(Cl)Cl. The lowest BCUT2D eigenvalue weighted by molar-refractivity contribution is -0.138. The fourth-order valence-corrected chi connectivity index (χ4v) is 1.07. The van der Waals surface area contributed by atoms with Crippen molar-refractivity contribution in [1.29, 1.82) is 0 Å². The Labute approximate surface area is 80.1 Å². The molecule has 0 atom stereocenters. The first-order valence-corrected chi connectivity index (χ1v) is 4.19. The summed E-state index contributed by atoms with van der Waals surface area (Å²) in [5.41, 5.74) is 0.0943. The van der Waals surface area contributed by atoms with Crippen molar-refractivity contribution in [1.82, 2.24) is 0 Å². The van der Waals surface area contributed by atoms with E-state index in [4.69, 9.17) is 34.8 Å². The molecule has 0 aromatic carbocycles. The first-order valence-electron chi connectivity index (χ1n) is 2.90. The monoisotopic (exact) mass is 216 g/mol. The van der Waals surface area contributed by atoms with E-state index in [1.807, 2.05) is 0 Å². The molecule has 0 heterocycles. The predicted molar refractivity (Wildman–Crippen MR) is 46.1 cm³/mol. The summed E-state index contributed by atoms with van der Waals surface area (Å²) >= 11 is 16.0. The molecule has 0 fully saturated rings. The number of carbonyl (C=O) groups is 1. The minimum absolute atomic E-state index is 0.0405. The Kier molecular flexibility index (Phi) is 5.74. The van der Waals surface area contributed by atoms with Crippen molar-refractivity contribution in [2.75, 3.05) is 12.5 Å². The highest BCUT2D eigenvalue weighted by Gasteiger charge is 2.12. The molecule has 0 aromatic rings. The van der Waals surface area contributed by atoms with Crippen molar-refractivity contribution in [2.24, 2.45) is 0 Å². The van der Waals surface area contributed by atoms with E-state index in [0.29, 0.717) is 0 Å². The van der Waals surface area contributed by atoms with E-state index in [1.165, 1.54) is 0 Å². The van der Waals surface area contributed by atoms with E-state index in [0.717, 1.165) is 0 Å². The van der Waals surface area contributed by atoms with Gasteiger partial charge in [-0.15, -0.1) is 11.6 Å². The Morgan fingerprint density at radius 2 is 2.00 bits per heavy atom. The second-order valence-corrected chi connectivity index (χ2v) is 2.81. The molecule has 0 radical (unpaired) electrons. The number of halogens is 3. The Morgan fingerprint density at radius 3 is 2.27 bits per heavy atom. The zero-order valence-corrected chi connectivity index (χ0v) is 8.13. The molecule has 0 bridgehead atoms. The van der Waals surface area contributed by atoms with Crippen molar-refractivity contribution in [2.45, 2.75) is 6.92 Å². The molecule has 0 aliphatic heterocycles. The molecule has 0 saturated heterocycles. The van der Waals surface area contributed by atoms with Crippen molar-refractivity contribution >= 4 is 40.8 Å². The zero-order valence-electron chi connectivity index (χ0n) is 5.86. The van der Waals surface area contributed by atoms with Gasteiger partial charge in [0.15, 0.2) is 0 Å². The molecule has 0 amide bonds. The smallest absolute Gasteiger partial charge is 0.337 e. The number of hydrogen-bond donors (Lipinski definition) is 0. The van der Waals surface area contributed by atoms with E-state index in [-0.39, 0.29) is 22.6 Å². The summed E-state index contributed by atoms with van der Waals surface area (Å²) in [7, 11) is 0. The first kappa shape index (κ1) is 11.1.